The number of carbonyl (C=O) groups excluding carboxylic acids is 1. The first-order chi connectivity index (χ1) is 9.70. The number of alkyl halides is 3. The molecule has 10 heteroatoms. The number of H-pyrrole nitrogens is 1. The van der Waals surface area contributed by atoms with Crippen LogP contribution in [0.2, 0.25) is 5.02 Å². The number of carbonyl (C=O) groups is 1. The van der Waals surface area contributed by atoms with Gasteiger partial charge in [-0.05, 0) is 6.07 Å². The lowest BCUT2D eigenvalue weighted by Crippen LogP contribution is -2.26. The minimum atomic E-state index is -4.64. The molecule has 21 heavy (non-hydrogen) atoms. The lowest BCUT2D eigenvalue weighted by molar-refractivity contribution is -0.138. The lowest BCUT2D eigenvalue weighted by atomic mass is 10.2. The van der Waals surface area contributed by atoms with Gasteiger partial charge in [0, 0.05) is 13.2 Å². The van der Waals surface area contributed by atoms with E-state index in [0.29, 0.717) is 12.3 Å². The van der Waals surface area contributed by atoms with Crippen molar-refractivity contribution >= 4 is 23.2 Å². The van der Waals surface area contributed by atoms with Gasteiger partial charge >= 0.3 is 6.18 Å². The predicted octanol–water partition coefficient (Wildman–Crippen LogP) is 2.03. The largest absolute Gasteiger partial charge is 0.417 e. The summed E-state index contributed by atoms with van der Waals surface area (Å²) in [5.74, 6) is -0.867. The summed E-state index contributed by atoms with van der Waals surface area (Å²) in [4.78, 5) is 23.6. The van der Waals surface area contributed by atoms with E-state index in [1.54, 1.807) is 0 Å². The number of hydrogen-bond acceptors (Lipinski definition) is 3. The summed E-state index contributed by atoms with van der Waals surface area (Å²) in [5.41, 5.74) is -2.51. The maximum absolute atomic E-state index is 12.7. The molecule has 1 amide bonds. The van der Waals surface area contributed by atoms with Gasteiger partial charge in [-0.2, -0.15) is 18.3 Å². The SMILES string of the molecule is Cn1cc(C(F)(F)F)cc(NC(=O)c2[nH]ncc2Cl)c1=O. The Kier molecular flexibility index (Phi) is 3.77. The number of aromatic nitrogens is 3. The Hall–Kier alpha value is -2.29. The quantitative estimate of drug-likeness (QED) is 0.888. The Morgan fingerprint density at radius 3 is 2.67 bits per heavy atom. The molecule has 0 radical (unpaired) electrons. The molecule has 0 aliphatic heterocycles. The molecule has 0 spiro atoms. The van der Waals surface area contributed by atoms with Crippen LogP contribution in [0.1, 0.15) is 16.1 Å². The first kappa shape index (κ1) is 15.1. The minimum absolute atomic E-state index is 0.0173. The Bertz CT molecular complexity index is 751. The molecule has 0 saturated carbocycles. The summed E-state index contributed by atoms with van der Waals surface area (Å²) < 4.78 is 38.8. The lowest BCUT2D eigenvalue weighted by Gasteiger charge is -2.11. The predicted molar refractivity (Wildman–Crippen MR) is 68.2 cm³/mol. The number of halogens is 4. The van der Waals surface area contributed by atoms with Crippen LogP contribution in [0.3, 0.4) is 0 Å². The van der Waals surface area contributed by atoms with Crippen LogP contribution < -0.4 is 10.9 Å². The molecule has 0 aliphatic carbocycles. The minimum Gasteiger partial charge on any atom is -0.316 e. The molecule has 6 nitrogen and oxygen atoms in total. The summed E-state index contributed by atoms with van der Waals surface area (Å²) in [6.45, 7) is 0. The van der Waals surface area contributed by atoms with E-state index >= 15 is 0 Å². The molecule has 0 saturated heterocycles. The van der Waals surface area contributed by atoms with Gasteiger partial charge in [0.15, 0.2) is 0 Å². The van der Waals surface area contributed by atoms with E-state index in [0.717, 1.165) is 17.8 Å². The summed E-state index contributed by atoms with van der Waals surface area (Å²) in [6.07, 6.45) is -2.85. The molecule has 2 N–H and O–H groups in total. The highest BCUT2D eigenvalue weighted by molar-refractivity contribution is 6.34. The van der Waals surface area contributed by atoms with Crippen LogP contribution in [0.4, 0.5) is 18.9 Å². The van der Waals surface area contributed by atoms with Gasteiger partial charge in [0.1, 0.15) is 11.4 Å². The summed E-state index contributed by atoms with van der Waals surface area (Å²) in [6, 6.07) is 0.560. The smallest absolute Gasteiger partial charge is 0.316 e. The zero-order valence-electron chi connectivity index (χ0n) is 10.5. The Balaban J connectivity index is 2.41. The molecular formula is C11H8ClF3N4O2. The van der Waals surface area contributed by atoms with Gasteiger partial charge in [-0.25, -0.2) is 0 Å². The molecule has 0 bridgehead atoms. The fourth-order valence-electron chi connectivity index (χ4n) is 1.57. The van der Waals surface area contributed by atoms with Crippen molar-refractivity contribution in [3.05, 3.63) is 45.1 Å². The molecular weight excluding hydrogens is 313 g/mol. The molecule has 0 atom stereocenters. The molecule has 0 aromatic carbocycles. The number of amides is 1. The zero-order chi connectivity index (χ0) is 15.8. The van der Waals surface area contributed by atoms with E-state index in [1.807, 2.05) is 0 Å². The molecule has 0 aliphatic rings. The van der Waals surface area contributed by atoms with Crippen LogP contribution in [0.5, 0.6) is 0 Å². The van der Waals surface area contributed by atoms with Crippen molar-refractivity contribution in [2.75, 3.05) is 5.32 Å². The zero-order valence-corrected chi connectivity index (χ0v) is 11.2. The van der Waals surface area contributed by atoms with Crippen molar-refractivity contribution in [3.8, 4) is 0 Å². The topological polar surface area (TPSA) is 79.8 Å². The Morgan fingerprint density at radius 1 is 1.48 bits per heavy atom. The van der Waals surface area contributed by atoms with Crippen molar-refractivity contribution in [1.29, 1.82) is 0 Å². The van der Waals surface area contributed by atoms with Crippen molar-refractivity contribution in [3.63, 3.8) is 0 Å². The first-order valence-corrected chi connectivity index (χ1v) is 5.86. The number of nitrogens with zero attached hydrogens (tertiary/aromatic N) is 2. The average Bonchev–Trinajstić information content (AvgIpc) is 2.79. The van der Waals surface area contributed by atoms with Crippen LogP contribution in [-0.2, 0) is 13.2 Å². The van der Waals surface area contributed by atoms with Gasteiger partial charge < -0.3 is 9.88 Å². The third-order valence-corrected chi connectivity index (χ3v) is 2.87. The van der Waals surface area contributed by atoms with Crippen LogP contribution in [0.15, 0.2) is 23.3 Å². The number of pyridine rings is 1. The summed E-state index contributed by atoms with van der Waals surface area (Å²) in [7, 11) is 1.15. The second-order valence-corrected chi connectivity index (χ2v) is 4.51. The molecule has 2 rings (SSSR count). The van der Waals surface area contributed by atoms with Gasteiger partial charge in [-0.15, -0.1) is 0 Å². The van der Waals surface area contributed by atoms with Crippen LogP contribution in [-0.4, -0.2) is 20.7 Å². The van der Waals surface area contributed by atoms with Gasteiger partial charge in [-0.1, -0.05) is 11.6 Å². The van der Waals surface area contributed by atoms with Crippen LogP contribution in [0, 0.1) is 0 Å². The standard InChI is InChI=1S/C11H8ClF3N4O2/c1-19-4-5(11(13,14)15)2-7(10(19)21)17-9(20)8-6(12)3-16-18-8/h2-4H,1H3,(H,16,18)(H,17,20). The van der Waals surface area contributed by atoms with Gasteiger partial charge in [0.2, 0.25) is 0 Å². The maximum Gasteiger partial charge on any atom is 0.417 e. The van der Waals surface area contributed by atoms with Crippen LogP contribution >= 0.6 is 11.6 Å². The molecule has 2 aromatic rings. The Labute approximate surface area is 120 Å². The maximum atomic E-state index is 12.7. The molecule has 0 unspecified atom stereocenters. The highest BCUT2D eigenvalue weighted by atomic mass is 35.5. The van der Waals surface area contributed by atoms with Crippen LogP contribution in [0.25, 0.3) is 0 Å². The van der Waals surface area contributed by atoms with E-state index in [1.165, 1.54) is 0 Å². The van der Waals surface area contributed by atoms with Crippen molar-refractivity contribution in [2.24, 2.45) is 7.05 Å². The highest BCUT2D eigenvalue weighted by Gasteiger charge is 2.32. The number of nitrogens with one attached hydrogen (secondary N) is 2. The van der Waals surface area contributed by atoms with E-state index in [-0.39, 0.29) is 10.7 Å². The number of rotatable bonds is 2. The first-order valence-electron chi connectivity index (χ1n) is 5.48. The monoisotopic (exact) mass is 320 g/mol. The summed E-state index contributed by atoms with van der Waals surface area (Å²) in [5, 5.41) is 7.84. The van der Waals surface area contributed by atoms with E-state index < -0.39 is 28.9 Å². The fourth-order valence-corrected chi connectivity index (χ4v) is 1.75. The average molecular weight is 321 g/mol. The number of anilines is 1. The van der Waals surface area contributed by atoms with Crippen molar-refractivity contribution in [1.82, 2.24) is 14.8 Å². The molecule has 112 valence electrons. The van der Waals surface area contributed by atoms with Gasteiger partial charge in [0.05, 0.1) is 16.8 Å². The normalized spacial score (nSPS) is 11.5. The number of aromatic amines is 1. The van der Waals surface area contributed by atoms with E-state index in [4.69, 9.17) is 11.6 Å². The van der Waals surface area contributed by atoms with Gasteiger partial charge in [-0.3, -0.25) is 14.7 Å². The second kappa shape index (κ2) is 5.24. The fraction of sp³-hybridized carbons (Fsp3) is 0.182. The second-order valence-electron chi connectivity index (χ2n) is 4.10. The molecule has 0 fully saturated rings. The highest BCUT2D eigenvalue weighted by Crippen LogP contribution is 2.29. The number of aryl methyl sites for hydroxylation is 1. The van der Waals surface area contributed by atoms with Crippen molar-refractivity contribution in [2.45, 2.75) is 6.18 Å². The third kappa shape index (κ3) is 3.07. The van der Waals surface area contributed by atoms with E-state index in [9.17, 15) is 22.8 Å². The summed E-state index contributed by atoms with van der Waals surface area (Å²) >= 11 is 5.66. The third-order valence-electron chi connectivity index (χ3n) is 2.58. The molecule has 2 heterocycles. The van der Waals surface area contributed by atoms with E-state index in [2.05, 4.69) is 15.5 Å². The van der Waals surface area contributed by atoms with Crippen molar-refractivity contribution < 1.29 is 18.0 Å². The number of hydrogen-bond donors (Lipinski definition) is 2. The van der Waals surface area contributed by atoms with Gasteiger partial charge in [0.25, 0.3) is 11.5 Å². The Morgan fingerprint density at radius 2 is 2.14 bits per heavy atom. The molecule has 2 aromatic heterocycles.